The van der Waals surface area contributed by atoms with Crippen molar-refractivity contribution >= 4 is 16.8 Å². The van der Waals surface area contributed by atoms with Crippen LogP contribution in [0.4, 0.5) is 0 Å². The van der Waals surface area contributed by atoms with E-state index in [1.54, 1.807) is 10.6 Å². The Labute approximate surface area is 152 Å². The number of methoxy groups -OCH3 is 1. The molecule has 6 heteroatoms. The van der Waals surface area contributed by atoms with Gasteiger partial charge in [0.05, 0.1) is 13.5 Å². The normalized spacial score (nSPS) is 10.9. The molecule has 0 fully saturated rings. The second-order valence-corrected chi connectivity index (χ2v) is 6.34. The van der Waals surface area contributed by atoms with Crippen LogP contribution in [0.15, 0.2) is 47.4 Å². The lowest BCUT2D eigenvalue weighted by Gasteiger charge is -2.12. The summed E-state index contributed by atoms with van der Waals surface area (Å²) in [5.41, 5.74) is 2.77. The van der Waals surface area contributed by atoms with Gasteiger partial charge in [-0.1, -0.05) is 18.2 Å². The number of aromatic nitrogens is 2. The van der Waals surface area contributed by atoms with Crippen molar-refractivity contribution < 1.29 is 9.53 Å². The van der Waals surface area contributed by atoms with Crippen molar-refractivity contribution in [2.45, 2.75) is 19.9 Å². The van der Waals surface area contributed by atoms with Crippen LogP contribution >= 0.6 is 0 Å². The van der Waals surface area contributed by atoms with Crippen molar-refractivity contribution in [3.05, 3.63) is 64.2 Å². The molecule has 0 aliphatic rings. The van der Waals surface area contributed by atoms with Crippen LogP contribution in [-0.4, -0.2) is 28.7 Å². The van der Waals surface area contributed by atoms with E-state index in [1.807, 2.05) is 49.0 Å². The number of hydrogen-bond acceptors (Lipinski definition) is 3. The number of nitrogens with one attached hydrogen (secondary N) is 1. The van der Waals surface area contributed by atoms with E-state index < -0.39 is 0 Å². The van der Waals surface area contributed by atoms with Crippen molar-refractivity contribution in [2.75, 3.05) is 13.7 Å². The topological polar surface area (TPSA) is 65.3 Å². The lowest BCUT2D eigenvalue weighted by atomic mass is 10.1. The molecule has 1 amide bonds. The van der Waals surface area contributed by atoms with E-state index in [1.165, 1.54) is 13.2 Å². The molecule has 3 aromatic rings. The number of nitrogens with zero attached hydrogens (tertiary/aromatic N) is 2. The second kappa shape index (κ2) is 7.47. The predicted octanol–water partition coefficient (Wildman–Crippen LogP) is 2.02. The van der Waals surface area contributed by atoms with Gasteiger partial charge in [0.15, 0.2) is 0 Å². The molecule has 0 saturated heterocycles. The minimum absolute atomic E-state index is 0.0550. The summed E-state index contributed by atoms with van der Waals surface area (Å²) in [5, 5.41) is 3.99. The Morgan fingerprint density at radius 2 is 2.00 bits per heavy atom. The fourth-order valence-corrected chi connectivity index (χ4v) is 3.21. The molecule has 26 heavy (non-hydrogen) atoms. The van der Waals surface area contributed by atoms with Gasteiger partial charge >= 0.3 is 0 Å². The number of para-hydroxylation sites is 1. The van der Waals surface area contributed by atoms with E-state index in [9.17, 15) is 9.59 Å². The summed E-state index contributed by atoms with van der Waals surface area (Å²) >= 11 is 0. The van der Waals surface area contributed by atoms with Gasteiger partial charge < -0.3 is 19.2 Å². The summed E-state index contributed by atoms with van der Waals surface area (Å²) in [7, 11) is 3.51. The molecule has 2 heterocycles. The van der Waals surface area contributed by atoms with Gasteiger partial charge in [-0.3, -0.25) is 9.59 Å². The van der Waals surface area contributed by atoms with Crippen LogP contribution in [0.1, 0.15) is 11.3 Å². The lowest BCUT2D eigenvalue weighted by Crippen LogP contribution is -2.32. The predicted molar refractivity (Wildman–Crippen MR) is 102 cm³/mol. The highest BCUT2D eigenvalue weighted by Gasteiger charge is 2.10. The molecule has 6 nitrogen and oxygen atoms in total. The van der Waals surface area contributed by atoms with Gasteiger partial charge in [-0.25, -0.2) is 0 Å². The standard InChI is InChI=1S/C20H23N3O3/c1-14-10-16(26-3)12-20(25)23(14)9-8-21-19(24)11-15-13-22(2)18-7-5-4-6-17(15)18/h4-7,10,12-13H,8-9,11H2,1-3H3,(H,21,24). The zero-order valence-electron chi connectivity index (χ0n) is 15.3. The second-order valence-electron chi connectivity index (χ2n) is 6.34. The number of amides is 1. The molecule has 0 unspecified atom stereocenters. The van der Waals surface area contributed by atoms with E-state index in [0.717, 1.165) is 22.2 Å². The van der Waals surface area contributed by atoms with Gasteiger partial charge in [0.25, 0.3) is 5.56 Å². The molecule has 2 aromatic heterocycles. The zero-order valence-corrected chi connectivity index (χ0v) is 15.3. The van der Waals surface area contributed by atoms with Crippen LogP contribution < -0.4 is 15.6 Å². The first-order valence-electron chi connectivity index (χ1n) is 8.54. The maximum Gasteiger partial charge on any atom is 0.254 e. The number of ether oxygens (including phenoxy) is 1. The van der Waals surface area contributed by atoms with Crippen LogP contribution in [0.25, 0.3) is 10.9 Å². The van der Waals surface area contributed by atoms with Gasteiger partial charge in [-0.2, -0.15) is 0 Å². The number of hydrogen-bond donors (Lipinski definition) is 1. The van der Waals surface area contributed by atoms with Crippen LogP contribution in [0, 0.1) is 6.92 Å². The Morgan fingerprint density at radius 3 is 2.73 bits per heavy atom. The first-order valence-corrected chi connectivity index (χ1v) is 8.54. The van der Waals surface area contributed by atoms with E-state index >= 15 is 0 Å². The average Bonchev–Trinajstić information content (AvgIpc) is 2.93. The van der Waals surface area contributed by atoms with Gasteiger partial charge in [-0.15, -0.1) is 0 Å². The first-order chi connectivity index (χ1) is 12.5. The van der Waals surface area contributed by atoms with E-state index in [4.69, 9.17) is 4.74 Å². The Hall–Kier alpha value is -3.02. The SMILES string of the molecule is COc1cc(C)n(CCNC(=O)Cc2cn(C)c3ccccc23)c(=O)c1. The minimum Gasteiger partial charge on any atom is -0.496 e. The van der Waals surface area contributed by atoms with Gasteiger partial charge in [0.1, 0.15) is 5.75 Å². The summed E-state index contributed by atoms with van der Waals surface area (Å²) in [4.78, 5) is 24.4. The van der Waals surface area contributed by atoms with E-state index in [-0.39, 0.29) is 11.5 Å². The molecule has 0 aliphatic heterocycles. The van der Waals surface area contributed by atoms with Crippen molar-refractivity contribution in [1.82, 2.24) is 14.5 Å². The van der Waals surface area contributed by atoms with E-state index in [2.05, 4.69) is 5.32 Å². The molecule has 1 aromatic carbocycles. The number of benzene rings is 1. The third-order valence-electron chi connectivity index (χ3n) is 4.53. The number of pyridine rings is 1. The third kappa shape index (κ3) is 3.64. The molecule has 0 spiro atoms. The number of carbonyl (C=O) groups excluding carboxylic acids is 1. The molecular weight excluding hydrogens is 330 g/mol. The van der Waals surface area contributed by atoms with Gasteiger partial charge in [0.2, 0.25) is 5.91 Å². The third-order valence-corrected chi connectivity index (χ3v) is 4.53. The number of carbonyl (C=O) groups is 1. The smallest absolute Gasteiger partial charge is 0.254 e. The maximum absolute atomic E-state index is 12.3. The molecule has 1 N–H and O–H groups in total. The molecule has 136 valence electrons. The Morgan fingerprint density at radius 1 is 1.23 bits per heavy atom. The Kier molecular flexibility index (Phi) is 5.11. The summed E-state index contributed by atoms with van der Waals surface area (Å²) in [5.74, 6) is 0.490. The summed E-state index contributed by atoms with van der Waals surface area (Å²) in [6, 6.07) is 11.3. The maximum atomic E-state index is 12.3. The van der Waals surface area contributed by atoms with Crippen LogP contribution in [0.3, 0.4) is 0 Å². The number of aryl methyl sites for hydroxylation is 2. The van der Waals surface area contributed by atoms with Crippen molar-refractivity contribution in [3.63, 3.8) is 0 Å². The quantitative estimate of drug-likeness (QED) is 0.737. The Balaban J connectivity index is 1.62. The summed E-state index contributed by atoms with van der Waals surface area (Å²) in [6.45, 7) is 2.68. The van der Waals surface area contributed by atoms with Crippen molar-refractivity contribution in [1.29, 1.82) is 0 Å². The Bertz CT molecular complexity index is 1000. The van der Waals surface area contributed by atoms with Crippen LogP contribution in [0.5, 0.6) is 5.75 Å². The van der Waals surface area contributed by atoms with Crippen molar-refractivity contribution in [3.8, 4) is 5.75 Å². The van der Waals surface area contributed by atoms with E-state index in [0.29, 0.717) is 25.3 Å². The highest BCUT2D eigenvalue weighted by molar-refractivity contribution is 5.89. The summed E-state index contributed by atoms with van der Waals surface area (Å²) < 4.78 is 8.74. The molecular formula is C20H23N3O3. The highest BCUT2D eigenvalue weighted by atomic mass is 16.5. The monoisotopic (exact) mass is 353 g/mol. The number of fused-ring (bicyclic) bond motifs is 1. The highest BCUT2D eigenvalue weighted by Crippen LogP contribution is 2.20. The molecule has 0 radical (unpaired) electrons. The van der Waals surface area contributed by atoms with Crippen LogP contribution in [0.2, 0.25) is 0 Å². The average molecular weight is 353 g/mol. The molecule has 0 bridgehead atoms. The van der Waals surface area contributed by atoms with Crippen molar-refractivity contribution in [2.24, 2.45) is 7.05 Å². The number of rotatable bonds is 6. The fraction of sp³-hybridized carbons (Fsp3) is 0.300. The summed E-state index contributed by atoms with van der Waals surface area (Å²) in [6.07, 6.45) is 2.31. The minimum atomic E-state index is -0.134. The molecule has 0 saturated carbocycles. The fourth-order valence-electron chi connectivity index (χ4n) is 3.21. The molecule has 0 aliphatic carbocycles. The zero-order chi connectivity index (χ0) is 18.7. The van der Waals surface area contributed by atoms with Crippen LogP contribution in [-0.2, 0) is 24.8 Å². The molecule has 0 atom stereocenters. The van der Waals surface area contributed by atoms with Gasteiger partial charge in [0, 0.05) is 49.0 Å². The van der Waals surface area contributed by atoms with Gasteiger partial charge in [-0.05, 0) is 24.6 Å². The lowest BCUT2D eigenvalue weighted by molar-refractivity contribution is -0.120. The largest absolute Gasteiger partial charge is 0.496 e. The molecule has 3 rings (SSSR count). The first kappa shape index (κ1) is 17.8.